The molecule has 1 aromatic heterocycles. The molecule has 2 aliphatic heterocycles. The molecule has 1 spiro atoms. The molecule has 172 valence electrons. The molecule has 3 aromatic rings. The average Bonchev–Trinajstić information content (AvgIpc) is 3.39. The van der Waals surface area contributed by atoms with Gasteiger partial charge < -0.3 is 9.64 Å². The second-order valence-corrected chi connectivity index (χ2v) is 10.3. The lowest BCUT2D eigenvalue weighted by Crippen LogP contribution is -2.45. The molecular weight excluding hydrogens is 479 g/mol. The zero-order chi connectivity index (χ0) is 23.2. The summed E-state index contributed by atoms with van der Waals surface area (Å²) in [6.45, 7) is 5.18. The summed E-state index contributed by atoms with van der Waals surface area (Å²) in [5.74, 6) is 0.792. The summed E-state index contributed by atoms with van der Waals surface area (Å²) >= 11 is 13.4. The lowest BCUT2D eigenvalue weighted by atomic mass is 9.74. The number of carbonyl (C=O) groups excluding carboxylic acids is 1. The molecule has 0 atom stereocenters. The first-order valence-corrected chi connectivity index (χ1v) is 12.4. The molecule has 1 amide bonds. The van der Waals surface area contributed by atoms with Gasteiger partial charge in [-0.25, -0.2) is 0 Å². The van der Waals surface area contributed by atoms with Crippen LogP contribution in [0.3, 0.4) is 0 Å². The third-order valence-corrected chi connectivity index (χ3v) is 8.38. The first kappa shape index (κ1) is 22.6. The lowest BCUT2D eigenvalue weighted by Gasteiger charge is -2.40. The van der Waals surface area contributed by atoms with Crippen LogP contribution in [0.5, 0.6) is 5.75 Å². The van der Waals surface area contributed by atoms with E-state index < -0.39 is 0 Å². The Hall–Kier alpha value is -2.19. The standard InChI is InChI=1S/C24H24Cl2N4O2S/c1-15-22(33-28-27-15)23(31)30-14-24(18-12-17(32-2)4-6-21(18)30)7-9-29(10-8-24)13-16-3-5-19(25)20(26)11-16/h3-6,11-12H,7-10,13-14H2,1-2H3. The van der Waals surface area contributed by atoms with Gasteiger partial charge in [-0.15, -0.1) is 5.10 Å². The second-order valence-electron chi connectivity index (χ2n) is 8.77. The minimum atomic E-state index is -0.0975. The number of amides is 1. The Morgan fingerprint density at radius 2 is 1.94 bits per heavy atom. The van der Waals surface area contributed by atoms with E-state index in [9.17, 15) is 4.79 Å². The number of halogens is 2. The first-order chi connectivity index (χ1) is 15.9. The summed E-state index contributed by atoms with van der Waals surface area (Å²) in [5.41, 5.74) is 3.89. The van der Waals surface area contributed by atoms with Crippen LogP contribution < -0.4 is 9.64 Å². The Balaban J connectivity index is 1.39. The number of ether oxygens (including phenoxy) is 1. The number of rotatable bonds is 4. The third kappa shape index (κ3) is 4.12. The molecule has 3 heterocycles. The highest BCUT2D eigenvalue weighted by Gasteiger charge is 2.47. The van der Waals surface area contributed by atoms with Crippen LogP contribution in [0.1, 0.15) is 39.3 Å². The van der Waals surface area contributed by atoms with Gasteiger partial charge in [0, 0.05) is 24.2 Å². The van der Waals surface area contributed by atoms with E-state index in [1.165, 1.54) is 5.56 Å². The van der Waals surface area contributed by atoms with Gasteiger partial charge in [0.25, 0.3) is 5.91 Å². The van der Waals surface area contributed by atoms with Crippen LogP contribution in [0.4, 0.5) is 5.69 Å². The van der Waals surface area contributed by atoms with Crippen molar-refractivity contribution >= 4 is 46.3 Å². The van der Waals surface area contributed by atoms with Crippen molar-refractivity contribution in [1.29, 1.82) is 0 Å². The highest BCUT2D eigenvalue weighted by atomic mass is 35.5. The van der Waals surface area contributed by atoms with E-state index in [0.29, 0.717) is 27.2 Å². The fraction of sp³-hybridized carbons (Fsp3) is 0.375. The van der Waals surface area contributed by atoms with E-state index in [-0.39, 0.29) is 11.3 Å². The molecule has 1 fully saturated rings. The van der Waals surface area contributed by atoms with Crippen molar-refractivity contribution in [2.45, 2.75) is 31.7 Å². The first-order valence-electron chi connectivity index (χ1n) is 10.9. The number of aromatic nitrogens is 2. The van der Waals surface area contributed by atoms with Crippen LogP contribution in [-0.2, 0) is 12.0 Å². The molecule has 0 N–H and O–H groups in total. The molecule has 5 rings (SSSR count). The lowest BCUT2D eigenvalue weighted by molar-refractivity contribution is 0.0978. The van der Waals surface area contributed by atoms with Gasteiger partial charge in [0.1, 0.15) is 10.6 Å². The zero-order valence-corrected chi connectivity index (χ0v) is 20.8. The molecule has 6 nitrogen and oxygen atoms in total. The summed E-state index contributed by atoms with van der Waals surface area (Å²) in [4.78, 5) is 18.4. The predicted molar refractivity (Wildman–Crippen MR) is 132 cm³/mol. The largest absolute Gasteiger partial charge is 0.497 e. The van der Waals surface area contributed by atoms with Crippen molar-refractivity contribution in [3.63, 3.8) is 0 Å². The number of likely N-dealkylation sites (tertiary alicyclic amines) is 1. The number of benzene rings is 2. The van der Waals surface area contributed by atoms with E-state index in [1.54, 1.807) is 7.11 Å². The van der Waals surface area contributed by atoms with E-state index >= 15 is 0 Å². The van der Waals surface area contributed by atoms with Crippen molar-refractivity contribution in [3.05, 3.63) is 68.1 Å². The molecular formula is C24H24Cl2N4O2S. The van der Waals surface area contributed by atoms with E-state index in [0.717, 1.165) is 61.0 Å². The number of nitrogens with zero attached hydrogens (tertiary/aromatic N) is 4. The highest BCUT2D eigenvalue weighted by Crippen LogP contribution is 2.49. The Morgan fingerprint density at radius 3 is 2.61 bits per heavy atom. The van der Waals surface area contributed by atoms with Crippen LogP contribution in [0, 0.1) is 6.92 Å². The number of methoxy groups -OCH3 is 1. The van der Waals surface area contributed by atoms with Crippen molar-refractivity contribution in [1.82, 2.24) is 14.5 Å². The molecule has 0 saturated carbocycles. The molecule has 0 radical (unpaired) electrons. The maximum Gasteiger partial charge on any atom is 0.271 e. The number of fused-ring (bicyclic) bond motifs is 2. The summed E-state index contributed by atoms with van der Waals surface area (Å²) in [6.07, 6.45) is 1.91. The quantitative estimate of drug-likeness (QED) is 0.480. The van der Waals surface area contributed by atoms with Gasteiger partial charge in [-0.2, -0.15) is 0 Å². The molecule has 0 unspecified atom stereocenters. The van der Waals surface area contributed by atoms with Crippen LogP contribution in [-0.4, -0.2) is 47.1 Å². The maximum atomic E-state index is 13.4. The summed E-state index contributed by atoms with van der Waals surface area (Å²) < 4.78 is 9.49. The number of hydrogen-bond acceptors (Lipinski definition) is 6. The number of carbonyl (C=O) groups is 1. The van der Waals surface area contributed by atoms with Crippen molar-refractivity contribution in [2.24, 2.45) is 0 Å². The summed E-state index contributed by atoms with van der Waals surface area (Å²) in [6, 6.07) is 11.9. The van der Waals surface area contributed by atoms with Gasteiger partial charge in [-0.05, 0) is 85.8 Å². The molecule has 2 aromatic carbocycles. The average molecular weight is 503 g/mol. The Bertz CT molecular complexity index is 1210. The van der Waals surface area contributed by atoms with E-state index in [1.807, 2.05) is 42.2 Å². The van der Waals surface area contributed by atoms with Gasteiger partial charge >= 0.3 is 0 Å². The molecule has 33 heavy (non-hydrogen) atoms. The van der Waals surface area contributed by atoms with Crippen molar-refractivity contribution in [3.8, 4) is 5.75 Å². The normalized spacial score (nSPS) is 17.4. The van der Waals surface area contributed by atoms with Crippen LogP contribution in [0.25, 0.3) is 0 Å². The topological polar surface area (TPSA) is 58.6 Å². The minimum Gasteiger partial charge on any atom is -0.497 e. The van der Waals surface area contributed by atoms with Crippen LogP contribution in [0.15, 0.2) is 36.4 Å². The van der Waals surface area contributed by atoms with Gasteiger partial charge in [0.2, 0.25) is 0 Å². The number of piperidine rings is 1. The van der Waals surface area contributed by atoms with Gasteiger partial charge in [-0.3, -0.25) is 9.69 Å². The molecule has 9 heteroatoms. The smallest absolute Gasteiger partial charge is 0.271 e. The van der Waals surface area contributed by atoms with Crippen LogP contribution in [0.2, 0.25) is 10.0 Å². The fourth-order valence-electron chi connectivity index (χ4n) is 4.97. The third-order valence-electron chi connectivity index (χ3n) is 6.82. The van der Waals surface area contributed by atoms with Gasteiger partial charge in [0.05, 0.1) is 22.8 Å². The monoisotopic (exact) mass is 502 g/mol. The summed E-state index contributed by atoms with van der Waals surface area (Å²) in [5, 5.41) is 5.19. The SMILES string of the molecule is COc1ccc2c(c1)C1(CCN(Cc3ccc(Cl)c(Cl)c3)CC1)CN2C(=O)c1snnc1C. The number of aryl methyl sites for hydroxylation is 1. The fourth-order valence-corrected chi connectivity index (χ4v) is 5.90. The molecule has 2 aliphatic rings. The maximum absolute atomic E-state index is 13.4. The van der Waals surface area contributed by atoms with Gasteiger partial charge in [-0.1, -0.05) is 33.8 Å². The predicted octanol–water partition coefficient (Wildman–Crippen LogP) is 5.36. The van der Waals surface area contributed by atoms with Gasteiger partial charge in [0.15, 0.2) is 0 Å². The minimum absolute atomic E-state index is 0.0240. The zero-order valence-electron chi connectivity index (χ0n) is 18.5. The molecule has 0 bridgehead atoms. The Labute approximate surface area is 207 Å². The molecule has 0 aliphatic carbocycles. The van der Waals surface area contributed by atoms with Crippen molar-refractivity contribution in [2.75, 3.05) is 31.6 Å². The van der Waals surface area contributed by atoms with Crippen LogP contribution >= 0.6 is 34.7 Å². The Morgan fingerprint density at radius 1 is 1.15 bits per heavy atom. The summed E-state index contributed by atoms with van der Waals surface area (Å²) in [7, 11) is 1.68. The van der Waals surface area contributed by atoms with E-state index in [4.69, 9.17) is 27.9 Å². The second kappa shape index (κ2) is 8.87. The number of hydrogen-bond donors (Lipinski definition) is 0. The highest BCUT2D eigenvalue weighted by molar-refractivity contribution is 7.08. The Kier molecular flexibility index (Phi) is 6.07. The molecule has 1 saturated heterocycles. The van der Waals surface area contributed by atoms with E-state index in [2.05, 4.69) is 20.6 Å². The number of anilines is 1. The van der Waals surface area contributed by atoms with Crippen molar-refractivity contribution < 1.29 is 9.53 Å².